The van der Waals surface area contributed by atoms with Gasteiger partial charge in [0.2, 0.25) is 0 Å². The summed E-state index contributed by atoms with van der Waals surface area (Å²) in [5.74, 6) is 0.331. The van der Waals surface area contributed by atoms with E-state index in [1.54, 1.807) is 12.1 Å². The minimum absolute atomic E-state index is 0.393. The molecule has 0 amide bonds. The van der Waals surface area contributed by atoms with Gasteiger partial charge in [0.15, 0.2) is 6.10 Å². The van der Waals surface area contributed by atoms with Crippen molar-refractivity contribution in [3.63, 3.8) is 0 Å². The van der Waals surface area contributed by atoms with Crippen LogP contribution in [0.2, 0.25) is 0 Å². The number of carbonyl (C=O) groups is 1. The Bertz CT molecular complexity index is 1030. The highest BCUT2D eigenvalue weighted by atomic mass is 16.6. The first-order valence-electron chi connectivity index (χ1n) is 10.4. The summed E-state index contributed by atoms with van der Waals surface area (Å²) in [5, 5.41) is 3.15. The van der Waals surface area contributed by atoms with E-state index >= 15 is 0 Å². The molecule has 0 fully saturated rings. The Balaban J connectivity index is 1.69. The van der Waals surface area contributed by atoms with Gasteiger partial charge in [0.05, 0.1) is 12.2 Å². The molecule has 4 rings (SSSR count). The summed E-state index contributed by atoms with van der Waals surface area (Å²) < 4.78 is 18.7. The largest absolute Gasteiger partial charge is 0.483 e. The van der Waals surface area contributed by atoms with Gasteiger partial charge in [-0.2, -0.15) is 0 Å². The number of rotatable bonds is 6. The second kappa shape index (κ2) is 8.82. The molecule has 3 aromatic carbocycles. The van der Waals surface area contributed by atoms with Gasteiger partial charge in [-0.3, -0.25) is 0 Å². The van der Waals surface area contributed by atoms with Crippen LogP contribution in [-0.2, 0) is 16.1 Å². The van der Waals surface area contributed by atoms with Crippen LogP contribution in [0.4, 0.5) is 5.69 Å². The van der Waals surface area contributed by atoms with Crippen LogP contribution < -0.4 is 10.1 Å². The van der Waals surface area contributed by atoms with E-state index in [9.17, 15) is 4.79 Å². The lowest BCUT2D eigenvalue weighted by Gasteiger charge is -2.43. The van der Waals surface area contributed by atoms with E-state index in [2.05, 4.69) is 5.32 Å². The van der Waals surface area contributed by atoms with Crippen molar-refractivity contribution in [1.82, 2.24) is 0 Å². The van der Waals surface area contributed by atoms with Crippen LogP contribution in [0.1, 0.15) is 41.4 Å². The lowest BCUT2D eigenvalue weighted by atomic mass is 9.87. The number of ether oxygens (including phenoxy) is 3. The summed E-state index contributed by atoms with van der Waals surface area (Å²) in [7, 11) is 1.86. The predicted octanol–water partition coefficient (Wildman–Crippen LogP) is 5.38. The van der Waals surface area contributed by atoms with E-state index in [-0.39, 0.29) is 0 Å². The van der Waals surface area contributed by atoms with Gasteiger partial charge in [0.1, 0.15) is 17.5 Å². The van der Waals surface area contributed by atoms with Crippen LogP contribution in [0.25, 0.3) is 0 Å². The Morgan fingerprint density at radius 3 is 2.35 bits per heavy atom. The average molecular weight is 418 g/mol. The monoisotopic (exact) mass is 417 g/mol. The molecule has 5 heteroatoms. The van der Waals surface area contributed by atoms with Gasteiger partial charge in [-0.1, -0.05) is 48.5 Å². The fourth-order valence-electron chi connectivity index (χ4n) is 3.79. The van der Waals surface area contributed by atoms with E-state index in [4.69, 9.17) is 14.2 Å². The molecule has 3 aromatic rings. The van der Waals surface area contributed by atoms with Crippen molar-refractivity contribution in [1.29, 1.82) is 0 Å². The van der Waals surface area contributed by atoms with Gasteiger partial charge >= 0.3 is 5.97 Å². The van der Waals surface area contributed by atoms with Crippen molar-refractivity contribution in [2.24, 2.45) is 0 Å². The smallest absolute Gasteiger partial charge is 0.338 e. The standard InChI is InChI=1S/C26H27NO4/c1-26(2)24(30-25(28)19-12-8-5-9-13-19)23(29-17-18-10-6-4-7-11-18)21-16-20(27-3)14-15-22(21)31-26/h4-16,23-24,27H,17H2,1-3H3. The minimum Gasteiger partial charge on any atom is -0.483 e. The van der Waals surface area contributed by atoms with Crippen LogP contribution >= 0.6 is 0 Å². The van der Waals surface area contributed by atoms with Gasteiger partial charge < -0.3 is 19.5 Å². The molecule has 5 nitrogen and oxygen atoms in total. The van der Waals surface area contributed by atoms with E-state index in [1.807, 2.05) is 87.6 Å². The number of benzene rings is 3. The van der Waals surface area contributed by atoms with Crippen molar-refractivity contribution in [3.05, 3.63) is 95.6 Å². The Hall–Kier alpha value is -3.31. The summed E-state index contributed by atoms with van der Waals surface area (Å²) in [4.78, 5) is 12.9. The SMILES string of the molecule is CNc1ccc2c(c1)C(OCc1ccccc1)C(OC(=O)c1ccccc1)C(C)(C)O2. The van der Waals surface area contributed by atoms with Crippen molar-refractivity contribution in [2.45, 2.75) is 38.3 Å². The third-order valence-electron chi connectivity index (χ3n) is 5.45. The van der Waals surface area contributed by atoms with E-state index in [1.165, 1.54) is 0 Å². The number of anilines is 1. The fourth-order valence-corrected chi connectivity index (χ4v) is 3.79. The molecule has 0 spiro atoms. The van der Waals surface area contributed by atoms with Crippen LogP contribution in [0.5, 0.6) is 5.75 Å². The fraction of sp³-hybridized carbons (Fsp3) is 0.269. The van der Waals surface area contributed by atoms with Crippen molar-refractivity contribution in [2.75, 3.05) is 12.4 Å². The second-order valence-corrected chi connectivity index (χ2v) is 8.12. The van der Waals surface area contributed by atoms with E-state index in [0.717, 1.165) is 22.6 Å². The number of hydrogen-bond acceptors (Lipinski definition) is 5. The number of carbonyl (C=O) groups excluding carboxylic acids is 1. The van der Waals surface area contributed by atoms with Crippen molar-refractivity contribution < 1.29 is 19.0 Å². The topological polar surface area (TPSA) is 56.8 Å². The van der Waals surface area contributed by atoms with Gasteiger partial charge in [0, 0.05) is 18.3 Å². The van der Waals surface area contributed by atoms with Crippen LogP contribution in [-0.4, -0.2) is 24.7 Å². The summed E-state index contributed by atoms with van der Waals surface area (Å²) >= 11 is 0. The molecule has 1 aliphatic rings. The Morgan fingerprint density at radius 1 is 1.00 bits per heavy atom. The van der Waals surface area contributed by atoms with Crippen LogP contribution in [0.15, 0.2) is 78.9 Å². The van der Waals surface area contributed by atoms with Crippen LogP contribution in [0, 0.1) is 0 Å². The zero-order chi connectivity index (χ0) is 21.8. The number of hydrogen-bond donors (Lipinski definition) is 1. The summed E-state index contributed by atoms with van der Waals surface area (Å²) in [6.07, 6.45) is -1.12. The average Bonchev–Trinajstić information content (AvgIpc) is 2.79. The molecule has 0 saturated heterocycles. The summed E-state index contributed by atoms with van der Waals surface area (Å²) in [5.41, 5.74) is 2.55. The molecule has 0 aromatic heterocycles. The molecular formula is C26H27NO4. The van der Waals surface area contributed by atoms with Crippen molar-refractivity contribution in [3.8, 4) is 5.75 Å². The molecule has 2 atom stereocenters. The lowest BCUT2D eigenvalue weighted by Crippen LogP contribution is -2.51. The Morgan fingerprint density at radius 2 is 1.68 bits per heavy atom. The third-order valence-corrected chi connectivity index (χ3v) is 5.45. The van der Waals surface area contributed by atoms with Gasteiger partial charge in [0.25, 0.3) is 0 Å². The molecule has 1 aliphatic heterocycles. The highest BCUT2D eigenvalue weighted by Crippen LogP contribution is 2.44. The zero-order valence-corrected chi connectivity index (χ0v) is 18.0. The maximum absolute atomic E-state index is 12.9. The molecule has 1 N–H and O–H groups in total. The molecule has 160 valence electrons. The Kier molecular flexibility index (Phi) is 5.96. The predicted molar refractivity (Wildman–Crippen MR) is 120 cm³/mol. The highest BCUT2D eigenvalue weighted by Gasteiger charge is 2.47. The molecule has 2 unspecified atom stereocenters. The number of esters is 1. The normalized spacial score (nSPS) is 19.1. The quantitative estimate of drug-likeness (QED) is 0.546. The molecule has 0 saturated carbocycles. The van der Waals surface area contributed by atoms with Gasteiger partial charge in [-0.15, -0.1) is 0 Å². The maximum atomic E-state index is 12.9. The first-order valence-corrected chi connectivity index (χ1v) is 10.4. The second-order valence-electron chi connectivity index (χ2n) is 8.12. The van der Waals surface area contributed by atoms with E-state index < -0.39 is 23.8 Å². The summed E-state index contributed by atoms with van der Waals surface area (Å²) in [6.45, 7) is 4.23. The lowest BCUT2D eigenvalue weighted by molar-refractivity contribution is -0.143. The third kappa shape index (κ3) is 4.57. The number of fused-ring (bicyclic) bond motifs is 1. The molecular weight excluding hydrogens is 390 g/mol. The Labute approximate surface area is 183 Å². The van der Waals surface area contributed by atoms with Crippen molar-refractivity contribution >= 4 is 11.7 Å². The van der Waals surface area contributed by atoms with Gasteiger partial charge in [-0.25, -0.2) is 4.79 Å². The maximum Gasteiger partial charge on any atom is 0.338 e. The van der Waals surface area contributed by atoms with Crippen LogP contribution in [0.3, 0.4) is 0 Å². The zero-order valence-electron chi connectivity index (χ0n) is 18.0. The van der Waals surface area contributed by atoms with E-state index in [0.29, 0.717) is 12.2 Å². The molecule has 0 bridgehead atoms. The molecule has 0 radical (unpaired) electrons. The van der Waals surface area contributed by atoms with Gasteiger partial charge in [-0.05, 0) is 49.7 Å². The number of nitrogens with one attached hydrogen (secondary N) is 1. The molecule has 1 heterocycles. The first kappa shape index (κ1) is 20.9. The molecule has 31 heavy (non-hydrogen) atoms. The summed E-state index contributed by atoms with van der Waals surface area (Å²) in [6, 6.07) is 24.8. The first-order chi connectivity index (χ1) is 15.0. The molecule has 0 aliphatic carbocycles. The highest BCUT2D eigenvalue weighted by molar-refractivity contribution is 5.89. The minimum atomic E-state index is -0.778.